The molecule has 0 atom stereocenters. The fourth-order valence-corrected chi connectivity index (χ4v) is 2.00. The minimum Gasteiger partial charge on any atom is -0.463 e. The summed E-state index contributed by atoms with van der Waals surface area (Å²) >= 11 is 0. The van der Waals surface area contributed by atoms with Crippen molar-refractivity contribution in [2.75, 3.05) is 6.61 Å². The lowest BCUT2D eigenvalue weighted by molar-refractivity contribution is -0.137. The van der Waals surface area contributed by atoms with Crippen molar-refractivity contribution in [2.45, 2.75) is 78.6 Å². The van der Waals surface area contributed by atoms with Gasteiger partial charge in [0.1, 0.15) is 0 Å². The van der Waals surface area contributed by atoms with Gasteiger partial charge in [-0.1, -0.05) is 57.4 Å². The fraction of sp³-hybridized carbons (Fsp3) is 0.812. The maximum atomic E-state index is 11.2. The van der Waals surface area contributed by atoms with E-state index in [-0.39, 0.29) is 5.97 Å². The number of carbonyl (C=O) groups is 1. The molecule has 0 aromatic heterocycles. The number of unbranched alkanes of at least 4 members (excludes halogenated alkanes) is 7. The van der Waals surface area contributed by atoms with Crippen LogP contribution >= 0.6 is 0 Å². The number of esters is 1. The molecule has 0 aliphatic rings. The van der Waals surface area contributed by atoms with Crippen molar-refractivity contribution in [3.63, 3.8) is 0 Å². The summed E-state index contributed by atoms with van der Waals surface area (Å²) in [7, 11) is 0. The summed E-state index contributed by atoms with van der Waals surface area (Å²) in [5.74, 6) is -0.199. The third-order valence-corrected chi connectivity index (χ3v) is 3.08. The molecule has 2 nitrogen and oxygen atoms in total. The molecular formula is C16H30O2. The summed E-state index contributed by atoms with van der Waals surface area (Å²) in [5, 5.41) is 0. The SMILES string of the molecule is CCCCCCCCCCC(C)=CC(=O)OCC. The van der Waals surface area contributed by atoms with Gasteiger partial charge in [-0.25, -0.2) is 4.79 Å². The van der Waals surface area contributed by atoms with Crippen LogP contribution in [-0.2, 0) is 9.53 Å². The van der Waals surface area contributed by atoms with Crippen LogP contribution in [0.2, 0.25) is 0 Å². The van der Waals surface area contributed by atoms with Gasteiger partial charge in [0.15, 0.2) is 0 Å². The molecule has 2 heteroatoms. The average molecular weight is 254 g/mol. The third kappa shape index (κ3) is 11.7. The first-order chi connectivity index (χ1) is 8.70. The van der Waals surface area contributed by atoms with E-state index in [1.807, 2.05) is 13.8 Å². The molecule has 0 bridgehead atoms. The summed E-state index contributed by atoms with van der Waals surface area (Å²) in [6, 6.07) is 0. The van der Waals surface area contributed by atoms with Crippen LogP contribution in [0.3, 0.4) is 0 Å². The molecule has 0 fully saturated rings. The molecule has 0 unspecified atom stereocenters. The van der Waals surface area contributed by atoms with Crippen molar-refractivity contribution < 1.29 is 9.53 Å². The first-order valence-electron chi connectivity index (χ1n) is 7.54. The fourth-order valence-electron chi connectivity index (χ4n) is 2.00. The van der Waals surface area contributed by atoms with E-state index in [2.05, 4.69) is 6.92 Å². The lowest BCUT2D eigenvalue weighted by Crippen LogP contribution is -2.00. The second kappa shape index (κ2) is 12.7. The van der Waals surface area contributed by atoms with Crippen LogP contribution in [0.5, 0.6) is 0 Å². The minimum atomic E-state index is -0.199. The molecule has 0 saturated heterocycles. The topological polar surface area (TPSA) is 26.3 Å². The zero-order valence-electron chi connectivity index (χ0n) is 12.5. The molecule has 106 valence electrons. The van der Waals surface area contributed by atoms with Gasteiger partial charge in [0.25, 0.3) is 0 Å². The van der Waals surface area contributed by atoms with Crippen molar-refractivity contribution in [1.82, 2.24) is 0 Å². The predicted octanol–water partition coefficient (Wildman–Crippen LogP) is 5.03. The molecule has 0 radical (unpaired) electrons. The van der Waals surface area contributed by atoms with E-state index in [9.17, 15) is 4.79 Å². The molecule has 18 heavy (non-hydrogen) atoms. The van der Waals surface area contributed by atoms with Crippen LogP contribution in [0.25, 0.3) is 0 Å². The van der Waals surface area contributed by atoms with Gasteiger partial charge in [-0.05, 0) is 26.7 Å². The molecule has 0 aliphatic carbocycles. The third-order valence-electron chi connectivity index (χ3n) is 3.08. The molecule has 0 N–H and O–H groups in total. The normalized spacial score (nSPS) is 11.6. The van der Waals surface area contributed by atoms with Crippen molar-refractivity contribution >= 4 is 5.97 Å². The molecule has 0 aromatic rings. The van der Waals surface area contributed by atoms with E-state index in [0.717, 1.165) is 12.0 Å². The monoisotopic (exact) mass is 254 g/mol. The molecule has 0 amide bonds. The van der Waals surface area contributed by atoms with Gasteiger partial charge in [-0.2, -0.15) is 0 Å². The zero-order valence-corrected chi connectivity index (χ0v) is 12.5. The first-order valence-corrected chi connectivity index (χ1v) is 7.54. The molecular weight excluding hydrogens is 224 g/mol. The van der Waals surface area contributed by atoms with E-state index < -0.39 is 0 Å². The van der Waals surface area contributed by atoms with Crippen molar-refractivity contribution in [3.8, 4) is 0 Å². The Hall–Kier alpha value is -0.790. The van der Waals surface area contributed by atoms with Crippen molar-refractivity contribution in [2.24, 2.45) is 0 Å². The Kier molecular flexibility index (Phi) is 12.1. The molecule has 0 aromatic carbocycles. The van der Waals surface area contributed by atoms with E-state index in [1.54, 1.807) is 6.08 Å². The van der Waals surface area contributed by atoms with Gasteiger partial charge >= 0.3 is 5.97 Å². The molecule has 0 aliphatic heterocycles. The van der Waals surface area contributed by atoms with Crippen LogP contribution in [0.1, 0.15) is 78.6 Å². The highest BCUT2D eigenvalue weighted by Gasteiger charge is 1.98. The lowest BCUT2D eigenvalue weighted by atomic mass is 10.0. The largest absolute Gasteiger partial charge is 0.463 e. The Bertz CT molecular complexity index is 231. The quantitative estimate of drug-likeness (QED) is 0.294. The van der Waals surface area contributed by atoms with Crippen molar-refractivity contribution in [1.29, 1.82) is 0 Å². The van der Waals surface area contributed by atoms with Crippen LogP contribution in [0.4, 0.5) is 0 Å². The minimum absolute atomic E-state index is 0.199. The van der Waals surface area contributed by atoms with Gasteiger partial charge in [-0.15, -0.1) is 0 Å². The average Bonchev–Trinajstić information content (AvgIpc) is 2.32. The van der Waals surface area contributed by atoms with E-state index >= 15 is 0 Å². The number of hydrogen-bond donors (Lipinski definition) is 0. The van der Waals surface area contributed by atoms with E-state index in [4.69, 9.17) is 4.74 Å². The van der Waals surface area contributed by atoms with E-state index in [1.165, 1.54) is 51.4 Å². The van der Waals surface area contributed by atoms with E-state index in [0.29, 0.717) is 6.61 Å². The Morgan fingerprint density at radius 3 is 2.06 bits per heavy atom. The highest BCUT2D eigenvalue weighted by molar-refractivity contribution is 5.82. The van der Waals surface area contributed by atoms with Crippen LogP contribution in [-0.4, -0.2) is 12.6 Å². The van der Waals surface area contributed by atoms with Gasteiger partial charge in [-0.3, -0.25) is 0 Å². The summed E-state index contributed by atoms with van der Waals surface area (Å²) < 4.78 is 4.88. The smallest absolute Gasteiger partial charge is 0.330 e. The molecule has 0 rings (SSSR count). The molecule has 0 heterocycles. The summed E-state index contributed by atoms with van der Waals surface area (Å²) in [6.07, 6.45) is 13.3. The highest BCUT2D eigenvalue weighted by atomic mass is 16.5. The van der Waals surface area contributed by atoms with Gasteiger partial charge in [0.05, 0.1) is 6.61 Å². The van der Waals surface area contributed by atoms with Crippen LogP contribution in [0, 0.1) is 0 Å². The van der Waals surface area contributed by atoms with Crippen LogP contribution in [0.15, 0.2) is 11.6 Å². The van der Waals surface area contributed by atoms with Crippen molar-refractivity contribution in [3.05, 3.63) is 11.6 Å². The number of ether oxygens (including phenoxy) is 1. The van der Waals surface area contributed by atoms with Gasteiger partial charge < -0.3 is 4.74 Å². The number of allylic oxidation sites excluding steroid dienone is 1. The first kappa shape index (κ1) is 17.2. The zero-order chi connectivity index (χ0) is 13.6. The van der Waals surface area contributed by atoms with Gasteiger partial charge in [0, 0.05) is 6.08 Å². The molecule has 0 spiro atoms. The number of hydrogen-bond acceptors (Lipinski definition) is 2. The predicted molar refractivity (Wildman–Crippen MR) is 77.6 cm³/mol. The summed E-state index contributed by atoms with van der Waals surface area (Å²) in [4.78, 5) is 11.2. The second-order valence-corrected chi connectivity index (χ2v) is 4.97. The van der Waals surface area contributed by atoms with Gasteiger partial charge in [0.2, 0.25) is 0 Å². The Labute approximate surface area is 113 Å². The molecule has 0 saturated carbocycles. The number of rotatable bonds is 11. The Morgan fingerprint density at radius 2 is 1.50 bits per heavy atom. The Balaban J connectivity index is 3.40. The van der Waals surface area contributed by atoms with Crippen LogP contribution < -0.4 is 0 Å². The second-order valence-electron chi connectivity index (χ2n) is 4.97. The summed E-state index contributed by atoms with van der Waals surface area (Å²) in [5.41, 5.74) is 1.14. The maximum absolute atomic E-state index is 11.2. The lowest BCUT2D eigenvalue weighted by Gasteiger charge is -2.03. The Morgan fingerprint density at radius 1 is 0.944 bits per heavy atom. The number of carbonyl (C=O) groups excluding carboxylic acids is 1. The maximum Gasteiger partial charge on any atom is 0.330 e. The highest BCUT2D eigenvalue weighted by Crippen LogP contribution is 2.12. The summed E-state index contributed by atoms with van der Waals surface area (Å²) in [6.45, 7) is 6.55. The standard InChI is InChI=1S/C16H30O2/c1-4-6-7-8-9-10-11-12-13-15(3)14-16(17)18-5-2/h14H,4-13H2,1-3H3.